The van der Waals surface area contributed by atoms with Gasteiger partial charge in [-0.05, 0) is 54.5 Å². The van der Waals surface area contributed by atoms with Crippen molar-refractivity contribution in [3.8, 4) is 0 Å². The number of anilines is 1. The van der Waals surface area contributed by atoms with Crippen LogP contribution in [0.1, 0.15) is 48.9 Å². The van der Waals surface area contributed by atoms with Gasteiger partial charge in [-0.15, -0.1) is 24.0 Å². The van der Waals surface area contributed by atoms with Gasteiger partial charge in [-0.2, -0.15) is 0 Å². The van der Waals surface area contributed by atoms with Gasteiger partial charge in [-0.25, -0.2) is 4.99 Å². The molecule has 2 aromatic carbocycles. The van der Waals surface area contributed by atoms with Crippen molar-refractivity contribution in [3.05, 3.63) is 64.7 Å². The third-order valence-electron chi connectivity index (χ3n) is 5.99. The van der Waals surface area contributed by atoms with E-state index in [4.69, 9.17) is 11.5 Å². The first-order chi connectivity index (χ1) is 15.0. The molecule has 1 aliphatic heterocycles. The van der Waals surface area contributed by atoms with E-state index in [0.717, 1.165) is 56.6 Å². The molecule has 1 heterocycles. The van der Waals surface area contributed by atoms with Crippen LogP contribution in [0.4, 0.5) is 5.69 Å². The van der Waals surface area contributed by atoms with E-state index in [1.165, 1.54) is 16.7 Å². The maximum Gasteiger partial charge on any atom is 0.221 e. The number of guanidine groups is 1. The number of primary amides is 1. The van der Waals surface area contributed by atoms with Crippen LogP contribution in [-0.4, -0.2) is 29.9 Å². The molecule has 174 valence electrons. The smallest absolute Gasteiger partial charge is 0.221 e. The van der Waals surface area contributed by atoms with Gasteiger partial charge < -0.3 is 16.8 Å². The topological polar surface area (TPSA) is 96.7 Å². The van der Waals surface area contributed by atoms with Crippen molar-refractivity contribution in [1.29, 1.82) is 0 Å². The zero-order valence-corrected chi connectivity index (χ0v) is 21.5. The number of nitrogens with zero attached hydrogens (tertiary/aromatic N) is 2. The molecule has 1 atom stereocenters. The van der Waals surface area contributed by atoms with E-state index in [9.17, 15) is 4.79 Å². The van der Waals surface area contributed by atoms with Crippen LogP contribution in [0.3, 0.4) is 0 Å². The fourth-order valence-electron chi connectivity index (χ4n) is 4.26. The number of aliphatic imine (C=N–C) groups is 1. The number of carbonyl (C=O) groups excluding carboxylic acids is 1. The van der Waals surface area contributed by atoms with Crippen molar-refractivity contribution >= 4 is 41.5 Å². The summed E-state index contributed by atoms with van der Waals surface area (Å²) in [7, 11) is 0. The first-order valence-electron chi connectivity index (χ1n) is 11.3. The SMILES string of the molecule is CCc1cccc(CC)c1NC(N)=NCc1cccc(CN2CCCC(C(N)=O)C2)c1.I. The standard InChI is InChI=1S/C25H35N5O.HI/c1-3-20-10-6-11-21(4-2)23(20)29-25(27)28-15-18-8-5-9-19(14-18)16-30-13-7-12-22(17-30)24(26)31;/h5-6,8-11,14,22H,3-4,7,12-13,15-17H2,1-2H3,(H2,26,31)(H3,27,28,29);1H. The molecule has 7 heteroatoms. The van der Waals surface area contributed by atoms with E-state index < -0.39 is 0 Å². The number of nitrogens with one attached hydrogen (secondary N) is 1. The summed E-state index contributed by atoms with van der Waals surface area (Å²) in [5.41, 5.74) is 17.6. The van der Waals surface area contributed by atoms with Crippen molar-refractivity contribution in [2.45, 2.75) is 52.6 Å². The zero-order chi connectivity index (χ0) is 22.2. The predicted molar refractivity (Wildman–Crippen MR) is 143 cm³/mol. The summed E-state index contributed by atoms with van der Waals surface area (Å²) in [6.07, 6.45) is 3.80. The molecule has 1 unspecified atom stereocenters. The van der Waals surface area contributed by atoms with Crippen LogP contribution in [0, 0.1) is 5.92 Å². The molecule has 3 rings (SSSR count). The van der Waals surface area contributed by atoms with Gasteiger partial charge in [-0.3, -0.25) is 9.69 Å². The van der Waals surface area contributed by atoms with Gasteiger partial charge in [0.15, 0.2) is 5.96 Å². The van der Waals surface area contributed by atoms with Crippen LogP contribution in [0.2, 0.25) is 0 Å². The molecule has 0 aliphatic carbocycles. The highest BCUT2D eigenvalue weighted by atomic mass is 127. The molecular weight excluding hydrogens is 513 g/mol. The lowest BCUT2D eigenvalue weighted by molar-refractivity contribution is -0.123. The number of nitrogens with two attached hydrogens (primary N) is 2. The van der Waals surface area contributed by atoms with Gasteiger partial charge in [0.2, 0.25) is 5.91 Å². The number of hydrogen-bond acceptors (Lipinski definition) is 3. The molecule has 1 saturated heterocycles. The quantitative estimate of drug-likeness (QED) is 0.263. The summed E-state index contributed by atoms with van der Waals surface area (Å²) < 4.78 is 0. The molecule has 32 heavy (non-hydrogen) atoms. The second kappa shape index (κ2) is 12.8. The Balaban J connectivity index is 0.00000363. The molecule has 1 aliphatic rings. The third-order valence-corrected chi connectivity index (χ3v) is 5.99. The Labute approximate surface area is 208 Å². The predicted octanol–water partition coefficient (Wildman–Crippen LogP) is 4.05. The number of piperidine rings is 1. The fraction of sp³-hybridized carbons (Fsp3) is 0.440. The molecule has 6 nitrogen and oxygen atoms in total. The van der Waals surface area contributed by atoms with Crippen LogP contribution in [0.25, 0.3) is 0 Å². The van der Waals surface area contributed by atoms with Crippen molar-refractivity contribution in [2.75, 3.05) is 18.4 Å². The highest BCUT2D eigenvalue weighted by molar-refractivity contribution is 14.0. The monoisotopic (exact) mass is 549 g/mol. The number of hydrogen-bond donors (Lipinski definition) is 3. The lowest BCUT2D eigenvalue weighted by Crippen LogP contribution is -2.40. The molecule has 0 saturated carbocycles. The largest absolute Gasteiger partial charge is 0.370 e. The minimum Gasteiger partial charge on any atom is -0.370 e. The average Bonchev–Trinajstić information content (AvgIpc) is 2.78. The Bertz CT molecular complexity index is 908. The van der Waals surface area contributed by atoms with Crippen molar-refractivity contribution in [2.24, 2.45) is 22.4 Å². The van der Waals surface area contributed by atoms with Crippen LogP contribution in [0.15, 0.2) is 47.5 Å². The number of rotatable bonds is 8. The summed E-state index contributed by atoms with van der Waals surface area (Å²) in [4.78, 5) is 18.4. The lowest BCUT2D eigenvalue weighted by Gasteiger charge is -2.31. The van der Waals surface area contributed by atoms with Crippen LogP contribution >= 0.6 is 24.0 Å². The minimum atomic E-state index is -0.188. The van der Waals surface area contributed by atoms with Crippen LogP contribution in [-0.2, 0) is 30.7 Å². The van der Waals surface area contributed by atoms with Crippen LogP contribution < -0.4 is 16.8 Å². The van der Waals surface area contributed by atoms with E-state index in [-0.39, 0.29) is 35.8 Å². The van der Waals surface area contributed by atoms with Gasteiger partial charge in [0.1, 0.15) is 0 Å². The minimum absolute atomic E-state index is 0. The molecule has 2 aromatic rings. The molecule has 1 amide bonds. The maximum absolute atomic E-state index is 11.5. The summed E-state index contributed by atoms with van der Waals surface area (Å²) in [6.45, 7) is 7.37. The molecule has 0 aromatic heterocycles. The molecule has 0 bridgehead atoms. The van der Waals surface area contributed by atoms with E-state index in [1.807, 2.05) is 0 Å². The summed E-state index contributed by atoms with van der Waals surface area (Å²) in [5.74, 6) is 0.208. The number of aryl methyl sites for hydroxylation is 2. The highest BCUT2D eigenvalue weighted by Gasteiger charge is 2.23. The van der Waals surface area contributed by atoms with Gasteiger partial charge in [0.05, 0.1) is 12.5 Å². The summed E-state index contributed by atoms with van der Waals surface area (Å²) in [5, 5.41) is 3.32. The third kappa shape index (κ3) is 7.20. The van der Waals surface area contributed by atoms with Gasteiger partial charge in [-0.1, -0.05) is 56.3 Å². The summed E-state index contributed by atoms with van der Waals surface area (Å²) >= 11 is 0. The van der Waals surface area contributed by atoms with E-state index in [0.29, 0.717) is 12.5 Å². The van der Waals surface area contributed by atoms with E-state index in [1.54, 1.807) is 0 Å². The maximum atomic E-state index is 11.5. The molecular formula is C25H36IN5O. The normalized spacial score (nSPS) is 16.9. The molecule has 0 radical (unpaired) electrons. The van der Waals surface area contributed by atoms with E-state index >= 15 is 0 Å². The zero-order valence-electron chi connectivity index (χ0n) is 19.1. The second-order valence-electron chi connectivity index (χ2n) is 8.28. The average molecular weight is 550 g/mol. The summed E-state index contributed by atoms with van der Waals surface area (Å²) in [6, 6.07) is 14.8. The molecule has 1 fully saturated rings. The fourth-order valence-corrected chi connectivity index (χ4v) is 4.26. The number of benzene rings is 2. The molecule has 0 spiro atoms. The van der Waals surface area contributed by atoms with Crippen molar-refractivity contribution < 1.29 is 4.79 Å². The molecule has 5 N–H and O–H groups in total. The number of halogens is 1. The number of carbonyl (C=O) groups is 1. The van der Waals surface area contributed by atoms with Gasteiger partial charge >= 0.3 is 0 Å². The Kier molecular flexibility index (Phi) is 10.4. The number of amides is 1. The second-order valence-corrected chi connectivity index (χ2v) is 8.28. The number of likely N-dealkylation sites (tertiary alicyclic amines) is 1. The van der Waals surface area contributed by atoms with Gasteiger partial charge in [0.25, 0.3) is 0 Å². The van der Waals surface area contributed by atoms with Crippen molar-refractivity contribution in [1.82, 2.24) is 4.90 Å². The van der Waals surface area contributed by atoms with E-state index in [2.05, 4.69) is 71.5 Å². The first kappa shape index (κ1) is 26.1. The first-order valence-corrected chi connectivity index (χ1v) is 11.3. The highest BCUT2D eigenvalue weighted by Crippen LogP contribution is 2.22. The van der Waals surface area contributed by atoms with Gasteiger partial charge in [0, 0.05) is 18.8 Å². The van der Waals surface area contributed by atoms with Crippen molar-refractivity contribution in [3.63, 3.8) is 0 Å². The number of para-hydroxylation sites is 1. The lowest BCUT2D eigenvalue weighted by atomic mass is 9.97. The van der Waals surface area contributed by atoms with Crippen LogP contribution in [0.5, 0.6) is 0 Å². The Morgan fingerprint density at radius 2 is 1.75 bits per heavy atom. The Morgan fingerprint density at radius 3 is 2.41 bits per heavy atom. The Morgan fingerprint density at radius 1 is 1.09 bits per heavy atom. The Hall–Kier alpha value is -2.13.